The van der Waals surface area contributed by atoms with E-state index in [1.165, 1.54) is 6.07 Å². The molecule has 38 heavy (non-hydrogen) atoms. The Morgan fingerprint density at radius 2 is 1.76 bits per heavy atom. The molecule has 0 saturated carbocycles. The molecule has 0 saturated heterocycles. The van der Waals surface area contributed by atoms with Gasteiger partial charge in [0, 0.05) is 31.9 Å². The van der Waals surface area contributed by atoms with E-state index in [9.17, 15) is 18.4 Å². The summed E-state index contributed by atoms with van der Waals surface area (Å²) < 4.78 is 32.9. The fourth-order valence-electron chi connectivity index (χ4n) is 3.52. The minimum Gasteiger partial charge on any atom is -0.455 e. The number of carbonyl (C=O) groups is 2. The number of carbonyl (C=O) groups excluding carboxylic acids is 2. The van der Waals surface area contributed by atoms with E-state index in [1.807, 2.05) is 51.1 Å². The third-order valence-electron chi connectivity index (χ3n) is 5.23. The number of nitrogens with one attached hydrogen (secondary N) is 1. The third kappa shape index (κ3) is 9.89. The smallest absolute Gasteiger partial charge is 0.357 e. The van der Waals surface area contributed by atoms with Crippen molar-refractivity contribution in [3.63, 3.8) is 0 Å². The fraction of sp³-hybridized carbons (Fsp3) is 0.400. The van der Waals surface area contributed by atoms with Crippen molar-refractivity contribution in [2.75, 3.05) is 20.6 Å². The van der Waals surface area contributed by atoms with Crippen molar-refractivity contribution in [2.24, 2.45) is 0 Å². The van der Waals surface area contributed by atoms with Gasteiger partial charge in [-0.3, -0.25) is 4.79 Å². The molecule has 0 bridgehead atoms. The Morgan fingerprint density at radius 3 is 2.29 bits per heavy atom. The lowest BCUT2D eigenvalue weighted by atomic mass is 10.1. The molecule has 1 aromatic rings. The molecule has 1 amide bonds. The van der Waals surface area contributed by atoms with E-state index >= 15 is 0 Å². The normalized spacial score (nSPS) is 13.1. The van der Waals surface area contributed by atoms with Crippen LogP contribution in [0.15, 0.2) is 65.3 Å². The van der Waals surface area contributed by atoms with Crippen molar-refractivity contribution in [1.82, 2.24) is 15.1 Å². The molecule has 1 aromatic carbocycles. The van der Waals surface area contributed by atoms with Crippen LogP contribution in [0.1, 0.15) is 64.7 Å². The maximum atomic E-state index is 13.8. The number of hydrogen-bond acceptors (Lipinski definition) is 5. The Bertz CT molecular complexity index is 1170. The van der Waals surface area contributed by atoms with Crippen LogP contribution in [0.2, 0.25) is 0 Å². The van der Waals surface area contributed by atoms with Gasteiger partial charge in [-0.1, -0.05) is 31.1 Å². The summed E-state index contributed by atoms with van der Waals surface area (Å²) in [7, 11) is 3.73. The summed E-state index contributed by atoms with van der Waals surface area (Å²) in [6, 6.07) is 2.85. The van der Waals surface area contributed by atoms with Gasteiger partial charge in [0.2, 0.25) is 0 Å². The Kier molecular flexibility index (Phi) is 12.5. The molecule has 0 aliphatic heterocycles. The van der Waals surface area contributed by atoms with Crippen LogP contribution in [0, 0.1) is 24.0 Å². The summed E-state index contributed by atoms with van der Waals surface area (Å²) in [6.07, 6.45) is 13.8. The molecule has 0 atom stereocenters. The number of hydrogen-bond donors (Lipinski definition) is 1. The second kappa shape index (κ2) is 14.8. The van der Waals surface area contributed by atoms with Gasteiger partial charge in [0.15, 0.2) is 11.6 Å². The number of nitrogens with zero attached hydrogens (tertiary/aromatic N) is 2. The largest absolute Gasteiger partial charge is 0.455 e. The van der Waals surface area contributed by atoms with Crippen LogP contribution in [-0.4, -0.2) is 47.9 Å². The number of benzene rings is 1. The highest BCUT2D eigenvalue weighted by molar-refractivity contribution is 5.97. The second-order valence-corrected chi connectivity index (χ2v) is 9.80. The number of esters is 1. The lowest BCUT2D eigenvalue weighted by Crippen LogP contribution is -2.40. The van der Waals surface area contributed by atoms with Crippen LogP contribution in [0.4, 0.5) is 8.78 Å². The van der Waals surface area contributed by atoms with Crippen molar-refractivity contribution >= 4 is 11.9 Å². The van der Waals surface area contributed by atoms with Crippen LogP contribution in [-0.2, 0) is 9.53 Å². The SMILES string of the molecule is C#C/C=C\C/C=C\CN(/C(=C(/C)CC)N(C)C)/C(C(=O)OC(C)(C)C)=C(\C)NC(=O)c1ccc(F)c(F)c1. The highest BCUT2D eigenvalue weighted by atomic mass is 19.2. The first-order valence-electron chi connectivity index (χ1n) is 12.3. The van der Waals surface area contributed by atoms with Crippen molar-refractivity contribution < 1.29 is 23.1 Å². The van der Waals surface area contributed by atoms with E-state index < -0.39 is 29.1 Å². The first kappa shape index (κ1) is 32.2. The maximum Gasteiger partial charge on any atom is 0.357 e. The average molecular weight is 528 g/mol. The molecule has 206 valence electrons. The number of rotatable bonds is 11. The Morgan fingerprint density at radius 1 is 1.11 bits per heavy atom. The summed E-state index contributed by atoms with van der Waals surface area (Å²) in [5, 5.41) is 2.67. The monoisotopic (exact) mass is 527 g/mol. The zero-order chi connectivity index (χ0) is 29.0. The topological polar surface area (TPSA) is 61.9 Å². The summed E-state index contributed by atoms with van der Waals surface area (Å²) in [6.45, 7) is 11.1. The molecule has 1 N–H and O–H groups in total. The molecule has 0 aliphatic rings. The lowest BCUT2D eigenvalue weighted by molar-refractivity contribution is -0.151. The standard InChI is InChI=1S/C30H39F2N3O3/c1-10-12-13-14-15-16-19-35(28(34(8)9)21(3)11-2)26(29(37)38-30(5,6)7)22(4)33-27(36)23-17-18-24(31)25(32)20-23/h1,12-13,15-18,20H,11,14,19H2,2-9H3,(H,33,36)/b13-12-,16-15-,26-22+,28-21-. The quantitative estimate of drug-likeness (QED) is 0.168. The van der Waals surface area contributed by atoms with Crippen molar-refractivity contribution in [3.05, 3.63) is 82.5 Å². The van der Waals surface area contributed by atoms with Crippen molar-refractivity contribution in [3.8, 4) is 12.3 Å². The second-order valence-electron chi connectivity index (χ2n) is 9.80. The third-order valence-corrected chi connectivity index (χ3v) is 5.23. The average Bonchev–Trinajstić information content (AvgIpc) is 2.81. The van der Waals surface area contributed by atoms with Crippen LogP contribution in [0.5, 0.6) is 0 Å². The number of amides is 1. The molecule has 0 unspecified atom stereocenters. The van der Waals surface area contributed by atoms with Gasteiger partial charge in [0.05, 0.1) is 0 Å². The van der Waals surface area contributed by atoms with Gasteiger partial charge in [-0.15, -0.1) is 6.42 Å². The van der Waals surface area contributed by atoms with Crippen molar-refractivity contribution in [1.29, 1.82) is 0 Å². The van der Waals surface area contributed by atoms with Gasteiger partial charge < -0.3 is 19.9 Å². The van der Waals surface area contributed by atoms with Crippen LogP contribution < -0.4 is 5.32 Å². The predicted molar refractivity (Wildman–Crippen MR) is 147 cm³/mol. The first-order chi connectivity index (χ1) is 17.7. The van der Waals surface area contributed by atoms with E-state index in [1.54, 1.807) is 38.7 Å². The number of terminal acetylenes is 1. The van der Waals surface area contributed by atoms with Crippen LogP contribution in [0.3, 0.4) is 0 Å². The van der Waals surface area contributed by atoms with Gasteiger partial charge in [0.25, 0.3) is 5.91 Å². The van der Waals surface area contributed by atoms with E-state index in [-0.39, 0.29) is 23.5 Å². The minimum atomic E-state index is -1.14. The van der Waals surface area contributed by atoms with Crippen molar-refractivity contribution in [2.45, 2.75) is 60.0 Å². The van der Waals surface area contributed by atoms with Gasteiger partial charge in [-0.25, -0.2) is 13.6 Å². The van der Waals surface area contributed by atoms with Crippen LogP contribution >= 0.6 is 0 Å². The Hall–Kier alpha value is -3.86. The molecule has 0 fully saturated rings. The Labute approximate surface area is 225 Å². The molecule has 0 aliphatic carbocycles. The van der Waals surface area contributed by atoms with E-state index in [0.29, 0.717) is 12.8 Å². The van der Waals surface area contributed by atoms with Crippen LogP contribution in [0.25, 0.3) is 0 Å². The molecule has 1 rings (SSSR count). The molecule has 0 radical (unpaired) electrons. The summed E-state index contributed by atoms with van der Waals surface area (Å²) in [4.78, 5) is 30.2. The minimum absolute atomic E-state index is 0.0911. The molecule has 6 nitrogen and oxygen atoms in total. The Balaban J connectivity index is 3.71. The number of ether oxygens (including phenoxy) is 1. The highest BCUT2D eigenvalue weighted by Crippen LogP contribution is 2.25. The summed E-state index contributed by atoms with van der Waals surface area (Å²) in [5.41, 5.74) is 0.396. The highest BCUT2D eigenvalue weighted by Gasteiger charge is 2.30. The molecule has 0 aromatic heterocycles. The predicted octanol–water partition coefficient (Wildman–Crippen LogP) is 5.91. The zero-order valence-corrected chi connectivity index (χ0v) is 23.6. The molecule has 8 heteroatoms. The van der Waals surface area contributed by atoms with E-state index in [0.717, 1.165) is 23.5 Å². The molecule has 0 heterocycles. The first-order valence-corrected chi connectivity index (χ1v) is 12.3. The zero-order valence-electron chi connectivity index (χ0n) is 23.6. The van der Waals surface area contributed by atoms with E-state index in [2.05, 4.69) is 11.2 Å². The summed E-state index contributed by atoms with van der Waals surface area (Å²) in [5.74, 6) is -0.361. The van der Waals surface area contributed by atoms with Gasteiger partial charge in [-0.2, -0.15) is 0 Å². The number of allylic oxidation sites excluding steroid dienone is 5. The van der Waals surface area contributed by atoms with Gasteiger partial charge in [-0.05, 0) is 77.3 Å². The van der Waals surface area contributed by atoms with Gasteiger partial charge in [0.1, 0.15) is 17.1 Å². The summed E-state index contributed by atoms with van der Waals surface area (Å²) >= 11 is 0. The number of halogens is 2. The molecular weight excluding hydrogens is 488 g/mol. The lowest BCUT2D eigenvalue weighted by Gasteiger charge is -2.35. The van der Waals surface area contributed by atoms with E-state index in [4.69, 9.17) is 11.2 Å². The molecule has 0 spiro atoms. The maximum absolute atomic E-state index is 13.8. The molecular formula is C30H39F2N3O3. The fourth-order valence-corrected chi connectivity index (χ4v) is 3.52. The van der Waals surface area contributed by atoms with Gasteiger partial charge >= 0.3 is 5.97 Å².